The molecule has 0 saturated heterocycles. The van der Waals surface area contributed by atoms with Crippen molar-refractivity contribution in [1.29, 1.82) is 0 Å². The van der Waals surface area contributed by atoms with Crippen molar-refractivity contribution in [2.24, 2.45) is 0 Å². The molecule has 0 saturated carbocycles. The van der Waals surface area contributed by atoms with Gasteiger partial charge in [0.25, 0.3) is 5.92 Å². The van der Waals surface area contributed by atoms with Gasteiger partial charge in [0, 0.05) is 6.42 Å². The molecule has 0 fully saturated rings. The second kappa shape index (κ2) is 2.02. The van der Waals surface area contributed by atoms with Gasteiger partial charge in [-0.15, -0.1) is 0 Å². The fraction of sp³-hybridized carbons (Fsp3) is 0.714. The first-order valence-corrected chi connectivity index (χ1v) is 3.22. The molecule has 58 valence electrons. The summed E-state index contributed by atoms with van der Waals surface area (Å²) in [6.45, 7) is 1.53. The molecule has 0 aliphatic heterocycles. The molecule has 1 aliphatic carbocycles. The number of aliphatic hydroxyl groups is 1. The highest BCUT2D eigenvalue weighted by Crippen LogP contribution is 2.32. The highest BCUT2D eigenvalue weighted by atomic mass is 19.3. The standard InChI is InChI=1S/C7H10F2O/c1-6(10)2-4-7(8,9)5-3-6/h2,4,10H,3,5H2,1H3. The molecule has 1 aliphatic rings. The maximum atomic E-state index is 12.3. The largest absolute Gasteiger partial charge is 0.386 e. The quantitative estimate of drug-likeness (QED) is 0.518. The highest BCUT2D eigenvalue weighted by Gasteiger charge is 2.34. The molecule has 0 heterocycles. The number of allylic oxidation sites excluding steroid dienone is 1. The van der Waals surface area contributed by atoms with Crippen LogP contribution < -0.4 is 0 Å². The van der Waals surface area contributed by atoms with Crippen molar-refractivity contribution in [2.75, 3.05) is 0 Å². The van der Waals surface area contributed by atoms with E-state index in [2.05, 4.69) is 0 Å². The number of rotatable bonds is 0. The summed E-state index contributed by atoms with van der Waals surface area (Å²) in [7, 11) is 0. The molecular formula is C7H10F2O. The fourth-order valence-electron chi connectivity index (χ4n) is 0.888. The van der Waals surface area contributed by atoms with Gasteiger partial charge in [0.05, 0.1) is 5.60 Å². The van der Waals surface area contributed by atoms with Gasteiger partial charge in [0.1, 0.15) is 0 Å². The summed E-state index contributed by atoms with van der Waals surface area (Å²) >= 11 is 0. The van der Waals surface area contributed by atoms with Gasteiger partial charge in [-0.2, -0.15) is 0 Å². The van der Waals surface area contributed by atoms with Crippen LogP contribution in [0.15, 0.2) is 12.2 Å². The Hall–Kier alpha value is -0.440. The van der Waals surface area contributed by atoms with Crippen molar-refractivity contribution < 1.29 is 13.9 Å². The highest BCUT2D eigenvalue weighted by molar-refractivity contribution is 5.09. The van der Waals surface area contributed by atoms with Crippen molar-refractivity contribution in [3.63, 3.8) is 0 Å². The number of hydrogen-bond acceptors (Lipinski definition) is 1. The molecule has 1 N–H and O–H groups in total. The van der Waals surface area contributed by atoms with E-state index in [4.69, 9.17) is 0 Å². The van der Waals surface area contributed by atoms with Crippen LogP contribution in [0.2, 0.25) is 0 Å². The van der Waals surface area contributed by atoms with Crippen LogP contribution in [-0.2, 0) is 0 Å². The van der Waals surface area contributed by atoms with Crippen LogP contribution >= 0.6 is 0 Å². The molecular weight excluding hydrogens is 138 g/mol. The lowest BCUT2D eigenvalue weighted by molar-refractivity contribution is -0.00462. The Morgan fingerprint density at radius 3 is 2.20 bits per heavy atom. The van der Waals surface area contributed by atoms with Crippen LogP contribution in [0, 0.1) is 0 Å². The summed E-state index contributed by atoms with van der Waals surface area (Å²) in [5, 5.41) is 9.19. The van der Waals surface area contributed by atoms with E-state index in [1.165, 1.54) is 6.92 Å². The van der Waals surface area contributed by atoms with Crippen LogP contribution in [0.25, 0.3) is 0 Å². The van der Waals surface area contributed by atoms with E-state index in [1.54, 1.807) is 0 Å². The van der Waals surface area contributed by atoms with Gasteiger partial charge in [-0.1, -0.05) is 6.08 Å². The van der Waals surface area contributed by atoms with Gasteiger partial charge in [-0.25, -0.2) is 8.78 Å². The molecule has 0 amide bonds. The Morgan fingerprint density at radius 1 is 1.30 bits per heavy atom. The summed E-state index contributed by atoms with van der Waals surface area (Å²) in [5.74, 6) is -2.71. The van der Waals surface area contributed by atoms with Crippen molar-refractivity contribution in [3.05, 3.63) is 12.2 Å². The maximum absolute atomic E-state index is 12.3. The van der Waals surface area contributed by atoms with Gasteiger partial charge in [0.15, 0.2) is 0 Å². The molecule has 1 unspecified atom stereocenters. The minimum atomic E-state index is -2.71. The molecule has 1 nitrogen and oxygen atoms in total. The van der Waals surface area contributed by atoms with Crippen molar-refractivity contribution in [3.8, 4) is 0 Å². The zero-order chi connectivity index (χ0) is 7.83. The van der Waals surface area contributed by atoms with E-state index in [0.717, 1.165) is 12.2 Å². The lowest BCUT2D eigenvalue weighted by Gasteiger charge is -2.26. The van der Waals surface area contributed by atoms with Gasteiger partial charge < -0.3 is 5.11 Å². The molecule has 0 spiro atoms. The van der Waals surface area contributed by atoms with E-state index in [0.29, 0.717) is 0 Å². The van der Waals surface area contributed by atoms with Gasteiger partial charge >= 0.3 is 0 Å². The number of hydrogen-bond donors (Lipinski definition) is 1. The van der Waals surface area contributed by atoms with E-state index in [-0.39, 0.29) is 12.8 Å². The van der Waals surface area contributed by atoms with E-state index in [9.17, 15) is 13.9 Å². The second-order valence-electron chi connectivity index (χ2n) is 2.95. The summed E-state index contributed by atoms with van der Waals surface area (Å²) < 4.78 is 24.7. The molecule has 1 atom stereocenters. The Labute approximate surface area is 58.4 Å². The minimum absolute atomic E-state index is 0.135. The van der Waals surface area contributed by atoms with E-state index >= 15 is 0 Å². The third kappa shape index (κ3) is 1.77. The monoisotopic (exact) mass is 148 g/mol. The van der Waals surface area contributed by atoms with Crippen LogP contribution in [0.4, 0.5) is 8.78 Å². The van der Waals surface area contributed by atoms with Crippen LogP contribution in [-0.4, -0.2) is 16.6 Å². The molecule has 10 heavy (non-hydrogen) atoms. The maximum Gasteiger partial charge on any atom is 0.266 e. The molecule has 3 heteroatoms. The SMILES string of the molecule is CC1(O)C=CC(F)(F)CC1. The molecule has 0 radical (unpaired) electrons. The Morgan fingerprint density at radius 2 is 1.90 bits per heavy atom. The molecule has 0 aromatic carbocycles. The van der Waals surface area contributed by atoms with Gasteiger partial charge in [-0.05, 0) is 19.4 Å². The average molecular weight is 148 g/mol. The zero-order valence-electron chi connectivity index (χ0n) is 5.77. The Bertz CT molecular complexity index is 143. The fourth-order valence-corrected chi connectivity index (χ4v) is 0.888. The zero-order valence-corrected chi connectivity index (χ0v) is 5.77. The topological polar surface area (TPSA) is 20.2 Å². The summed E-state index contributed by atoms with van der Waals surface area (Å²) in [6, 6.07) is 0. The van der Waals surface area contributed by atoms with Crippen LogP contribution in [0.3, 0.4) is 0 Å². The predicted octanol–water partition coefficient (Wildman–Crippen LogP) is 1.72. The van der Waals surface area contributed by atoms with Crippen molar-refractivity contribution >= 4 is 0 Å². The van der Waals surface area contributed by atoms with Gasteiger partial charge in [0.2, 0.25) is 0 Å². The lowest BCUT2D eigenvalue weighted by Crippen LogP contribution is -2.30. The molecule has 0 aromatic rings. The minimum Gasteiger partial charge on any atom is -0.386 e. The van der Waals surface area contributed by atoms with Crippen molar-refractivity contribution in [2.45, 2.75) is 31.3 Å². The first-order valence-electron chi connectivity index (χ1n) is 3.22. The van der Waals surface area contributed by atoms with Crippen LogP contribution in [0.1, 0.15) is 19.8 Å². The summed E-state index contributed by atoms with van der Waals surface area (Å²) in [4.78, 5) is 0. The van der Waals surface area contributed by atoms with Crippen LogP contribution in [0.5, 0.6) is 0 Å². The average Bonchev–Trinajstić information content (AvgIpc) is 1.79. The molecule has 0 bridgehead atoms. The number of alkyl halides is 2. The normalized spacial score (nSPS) is 38.0. The third-order valence-corrected chi connectivity index (χ3v) is 1.65. The Kier molecular flexibility index (Phi) is 1.55. The summed E-state index contributed by atoms with van der Waals surface area (Å²) in [5.41, 5.74) is -1.03. The lowest BCUT2D eigenvalue weighted by atomic mass is 9.91. The first-order chi connectivity index (χ1) is 4.41. The van der Waals surface area contributed by atoms with Gasteiger partial charge in [-0.3, -0.25) is 0 Å². The second-order valence-corrected chi connectivity index (χ2v) is 2.95. The smallest absolute Gasteiger partial charge is 0.266 e. The molecule has 1 rings (SSSR count). The first kappa shape index (κ1) is 7.66. The van der Waals surface area contributed by atoms with E-state index < -0.39 is 11.5 Å². The third-order valence-electron chi connectivity index (χ3n) is 1.65. The Balaban J connectivity index is 2.70. The number of halogens is 2. The predicted molar refractivity (Wildman–Crippen MR) is 33.9 cm³/mol. The van der Waals surface area contributed by atoms with E-state index in [1.807, 2.05) is 0 Å². The van der Waals surface area contributed by atoms with Crippen molar-refractivity contribution in [1.82, 2.24) is 0 Å². The molecule has 0 aromatic heterocycles. The summed E-state index contributed by atoms with van der Waals surface area (Å²) in [6.07, 6.45) is 1.82.